The molecule has 0 aliphatic rings. The number of benzene rings is 2. The number of carbonyl (C=O) groups is 1. The topological polar surface area (TPSA) is 26.3 Å². The highest BCUT2D eigenvalue weighted by molar-refractivity contribution is 5.88. The first-order valence-electron chi connectivity index (χ1n) is 7.07. The molecule has 0 unspecified atom stereocenters. The molecule has 0 aliphatic heterocycles. The summed E-state index contributed by atoms with van der Waals surface area (Å²) in [6, 6.07) is 15.8. The molecule has 2 heteroatoms. The quantitative estimate of drug-likeness (QED) is 0.546. The minimum absolute atomic E-state index is 0.587. The van der Waals surface area contributed by atoms with Crippen molar-refractivity contribution in [2.24, 2.45) is 0 Å². The lowest BCUT2D eigenvalue weighted by Crippen LogP contribution is -1.98. The Labute approximate surface area is 120 Å². The predicted octanol–water partition coefficient (Wildman–Crippen LogP) is 4.48. The second-order valence-electron chi connectivity index (χ2n) is 4.77. The summed E-state index contributed by atoms with van der Waals surface area (Å²) >= 11 is 0. The third kappa shape index (κ3) is 3.55. The van der Waals surface area contributed by atoms with Crippen LogP contribution in [0.3, 0.4) is 0 Å². The Hall–Kier alpha value is -1.93. The summed E-state index contributed by atoms with van der Waals surface area (Å²) in [7, 11) is 0. The van der Waals surface area contributed by atoms with Crippen molar-refractivity contribution in [3.8, 4) is 11.1 Å². The highest BCUT2D eigenvalue weighted by atomic mass is 16.5. The van der Waals surface area contributed by atoms with Crippen LogP contribution in [0.5, 0.6) is 0 Å². The SMILES string of the molecule is CCCCOCc1ccccc1-c1ccccc1C=O. The number of unbranched alkanes of at least 4 members (excludes halogenated alkanes) is 1. The van der Waals surface area contributed by atoms with E-state index in [0.717, 1.165) is 42.4 Å². The third-order valence-corrected chi connectivity index (χ3v) is 3.30. The van der Waals surface area contributed by atoms with Crippen LogP contribution < -0.4 is 0 Å². The van der Waals surface area contributed by atoms with E-state index in [0.29, 0.717) is 12.2 Å². The minimum atomic E-state index is 0.587. The van der Waals surface area contributed by atoms with Gasteiger partial charge in [-0.2, -0.15) is 0 Å². The van der Waals surface area contributed by atoms with Gasteiger partial charge in [0.05, 0.1) is 6.61 Å². The van der Waals surface area contributed by atoms with Gasteiger partial charge in [0.1, 0.15) is 0 Å². The van der Waals surface area contributed by atoms with Crippen molar-refractivity contribution in [1.82, 2.24) is 0 Å². The summed E-state index contributed by atoms with van der Waals surface area (Å²) in [6.07, 6.45) is 3.12. The van der Waals surface area contributed by atoms with E-state index in [1.54, 1.807) is 0 Å². The molecule has 0 atom stereocenters. The van der Waals surface area contributed by atoms with Crippen molar-refractivity contribution < 1.29 is 9.53 Å². The van der Waals surface area contributed by atoms with Crippen LogP contribution in [0.25, 0.3) is 11.1 Å². The standard InChI is InChI=1S/C18H20O2/c1-2-3-12-20-14-16-9-5-7-11-18(16)17-10-6-4-8-15(17)13-19/h4-11,13H,2-3,12,14H2,1H3. The van der Waals surface area contributed by atoms with E-state index in [1.807, 2.05) is 42.5 Å². The van der Waals surface area contributed by atoms with Gasteiger partial charge in [0.25, 0.3) is 0 Å². The number of hydrogen-bond acceptors (Lipinski definition) is 2. The number of hydrogen-bond donors (Lipinski definition) is 0. The zero-order chi connectivity index (χ0) is 14.2. The molecule has 2 rings (SSSR count). The van der Waals surface area contributed by atoms with Crippen LogP contribution in [0.2, 0.25) is 0 Å². The van der Waals surface area contributed by atoms with Crippen LogP contribution in [-0.2, 0) is 11.3 Å². The summed E-state index contributed by atoms with van der Waals surface area (Å²) in [6.45, 7) is 3.52. The average Bonchev–Trinajstić information content (AvgIpc) is 2.52. The van der Waals surface area contributed by atoms with Crippen LogP contribution in [0, 0.1) is 0 Å². The highest BCUT2D eigenvalue weighted by Crippen LogP contribution is 2.26. The van der Waals surface area contributed by atoms with Gasteiger partial charge in [-0.15, -0.1) is 0 Å². The molecule has 0 spiro atoms. The van der Waals surface area contributed by atoms with Crippen molar-refractivity contribution in [3.63, 3.8) is 0 Å². The maximum absolute atomic E-state index is 11.2. The largest absolute Gasteiger partial charge is 0.377 e. The molecule has 0 N–H and O–H groups in total. The fourth-order valence-electron chi connectivity index (χ4n) is 2.18. The molecule has 0 fully saturated rings. The zero-order valence-electron chi connectivity index (χ0n) is 11.8. The molecule has 0 radical (unpaired) electrons. The second-order valence-corrected chi connectivity index (χ2v) is 4.77. The molecule has 0 heterocycles. The van der Waals surface area contributed by atoms with Crippen LogP contribution in [-0.4, -0.2) is 12.9 Å². The summed E-state index contributed by atoms with van der Waals surface area (Å²) < 4.78 is 5.71. The smallest absolute Gasteiger partial charge is 0.150 e. The van der Waals surface area contributed by atoms with Crippen molar-refractivity contribution >= 4 is 6.29 Å². The van der Waals surface area contributed by atoms with Gasteiger partial charge in [0, 0.05) is 12.2 Å². The molecule has 0 aliphatic carbocycles. The second kappa shape index (κ2) is 7.61. The van der Waals surface area contributed by atoms with Gasteiger partial charge in [-0.1, -0.05) is 61.9 Å². The van der Waals surface area contributed by atoms with Gasteiger partial charge in [-0.05, 0) is 23.1 Å². The molecule has 20 heavy (non-hydrogen) atoms. The van der Waals surface area contributed by atoms with Crippen molar-refractivity contribution in [2.75, 3.05) is 6.61 Å². The molecule has 2 nitrogen and oxygen atoms in total. The Morgan fingerprint density at radius 2 is 1.70 bits per heavy atom. The number of aldehydes is 1. The van der Waals surface area contributed by atoms with Crippen molar-refractivity contribution in [1.29, 1.82) is 0 Å². The molecule has 0 bridgehead atoms. The van der Waals surface area contributed by atoms with Gasteiger partial charge in [0.2, 0.25) is 0 Å². The monoisotopic (exact) mass is 268 g/mol. The van der Waals surface area contributed by atoms with Crippen LogP contribution in [0.1, 0.15) is 35.7 Å². The van der Waals surface area contributed by atoms with E-state index < -0.39 is 0 Å². The Balaban J connectivity index is 2.25. The summed E-state index contributed by atoms with van der Waals surface area (Å²) in [5.41, 5.74) is 3.88. The third-order valence-electron chi connectivity index (χ3n) is 3.30. The molecular formula is C18H20O2. The summed E-state index contributed by atoms with van der Waals surface area (Å²) in [5, 5.41) is 0. The molecular weight excluding hydrogens is 248 g/mol. The highest BCUT2D eigenvalue weighted by Gasteiger charge is 2.08. The minimum Gasteiger partial charge on any atom is -0.377 e. The first-order chi connectivity index (χ1) is 9.86. The Morgan fingerprint density at radius 3 is 2.45 bits per heavy atom. The van der Waals surface area contributed by atoms with E-state index in [2.05, 4.69) is 13.0 Å². The first kappa shape index (κ1) is 14.5. The molecule has 2 aromatic carbocycles. The van der Waals surface area contributed by atoms with Gasteiger partial charge >= 0.3 is 0 Å². The van der Waals surface area contributed by atoms with E-state index in [-0.39, 0.29) is 0 Å². The fourth-order valence-corrected chi connectivity index (χ4v) is 2.18. The van der Waals surface area contributed by atoms with Gasteiger partial charge in [0.15, 0.2) is 6.29 Å². The van der Waals surface area contributed by atoms with Gasteiger partial charge in [-0.25, -0.2) is 0 Å². The average molecular weight is 268 g/mol. The molecule has 2 aromatic rings. The Bertz CT molecular complexity index is 561. The lowest BCUT2D eigenvalue weighted by atomic mass is 9.96. The number of ether oxygens (including phenoxy) is 1. The normalized spacial score (nSPS) is 10.4. The van der Waals surface area contributed by atoms with Gasteiger partial charge < -0.3 is 4.74 Å². The zero-order valence-corrected chi connectivity index (χ0v) is 11.8. The van der Waals surface area contributed by atoms with Crippen molar-refractivity contribution in [2.45, 2.75) is 26.4 Å². The van der Waals surface area contributed by atoms with E-state index in [1.165, 1.54) is 0 Å². The molecule has 0 amide bonds. The molecule has 104 valence electrons. The van der Waals surface area contributed by atoms with Crippen LogP contribution in [0.15, 0.2) is 48.5 Å². The summed E-state index contributed by atoms with van der Waals surface area (Å²) in [4.78, 5) is 11.2. The molecule has 0 aromatic heterocycles. The van der Waals surface area contributed by atoms with Gasteiger partial charge in [-0.3, -0.25) is 4.79 Å². The lowest BCUT2D eigenvalue weighted by Gasteiger charge is -2.12. The Kier molecular flexibility index (Phi) is 5.51. The molecule has 0 saturated heterocycles. The Morgan fingerprint density at radius 1 is 1.00 bits per heavy atom. The van der Waals surface area contributed by atoms with Crippen molar-refractivity contribution in [3.05, 3.63) is 59.7 Å². The number of carbonyl (C=O) groups excluding carboxylic acids is 1. The molecule has 0 saturated carbocycles. The first-order valence-corrected chi connectivity index (χ1v) is 7.07. The van der Waals surface area contributed by atoms with Crippen LogP contribution in [0.4, 0.5) is 0 Å². The fraction of sp³-hybridized carbons (Fsp3) is 0.278. The van der Waals surface area contributed by atoms with E-state index >= 15 is 0 Å². The maximum Gasteiger partial charge on any atom is 0.150 e. The predicted molar refractivity (Wildman–Crippen MR) is 81.8 cm³/mol. The number of rotatable bonds is 7. The maximum atomic E-state index is 11.2. The lowest BCUT2D eigenvalue weighted by molar-refractivity contribution is 0.112. The van der Waals surface area contributed by atoms with Crippen LogP contribution >= 0.6 is 0 Å². The van der Waals surface area contributed by atoms with E-state index in [4.69, 9.17) is 4.74 Å². The van der Waals surface area contributed by atoms with E-state index in [9.17, 15) is 4.79 Å². The summed E-state index contributed by atoms with van der Waals surface area (Å²) in [5.74, 6) is 0.